The molecule has 1 atom stereocenters. The minimum Gasteiger partial charge on any atom is -0.465 e. The molecule has 2 N–H and O–H groups in total. The monoisotopic (exact) mass is 367 g/mol. The van der Waals surface area contributed by atoms with Gasteiger partial charge in [0.2, 0.25) is 0 Å². The van der Waals surface area contributed by atoms with Gasteiger partial charge in [-0.05, 0) is 44.1 Å². The number of furan rings is 1. The number of Topliss-reactive ketones (excluding diaryl/α,β-unsaturated/α-hetero) is 1. The molecule has 2 aliphatic carbocycles. The van der Waals surface area contributed by atoms with Gasteiger partial charge in [0.15, 0.2) is 5.78 Å². The highest BCUT2D eigenvalue weighted by Crippen LogP contribution is 2.33. The van der Waals surface area contributed by atoms with Crippen LogP contribution in [0.15, 0.2) is 34.7 Å². The van der Waals surface area contributed by atoms with Crippen molar-refractivity contribution >= 4 is 11.7 Å². The van der Waals surface area contributed by atoms with E-state index >= 15 is 0 Å². The molecular weight excluding hydrogens is 342 g/mol. The zero-order chi connectivity index (χ0) is 19.0. The van der Waals surface area contributed by atoms with Gasteiger partial charge in [0.05, 0.1) is 17.2 Å². The number of aryl methyl sites for hydroxylation is 2. The second kappa shape index (κ2) is 7.31. The number of amides is 1. The van der Waals surface area contributed by atoms with Crippen molar-refractivity contribution in [1.82, 2.24) is 5.32 Å². The molecule has 5 heteroatoms. The first-order valence-corrected chi connectivity index (χ1v) is 9.71. The molecule has 0 aliphatic heterocycles. The Hall–Kier alpha value is -2.40. The average Bonchev–Trinajstić information content (AvgIpc) is 2.97. The number of aliphatic hydroxyl groups excluding tert-OH is 1. The van der Waals surface area contributed by atoms with Gasteiger partial charge >= 0.3 is 0 Å². The molecule has 0 saturated heterocycles. The molecule has 0 radical (unpaired) electrons. The van der Waals surface area contributed by atoms with Crippen molar-refractivity contribution in [2.75, 3.05) is 0 Å². The van der Waals surface area contributed by atoms with Gasteiger partial charge < -0.3 is 14.8 Å². The lowest BCUT2D eigenvalue weighted by atomic mass is 9.75. The Bertz CT molecular complexity index is 849. The molecule has 142 valence electrons. The van der Waals surface area contributed by atoms with Gasteiger partial charge in [0, 0.05) is 18.9 Å². The maximum absolute atomic E-state index is 13.1. The van der Waals surface area contributed by atoms with Gasteiger partial charge in [0.25, 0.3) is 5.91 Å². The number of nitrogens with one attached hydrogen (secondary N) is 1. The third-order valence-corrected chi connectivity index (χ3v) is 5.80. The molecule has 0 bridgehead atoms. The lowest BCUT2D eigenvalue weighted by Gasteiger charge is -2.38. The second-order valence-electron chi connectivity index (χ2n) is 7.76. The van der Waals surface area contributed by atoms with Crippen LogP contribution in [0.1, 0.15) is 63.5 Å². The normalized spacial score (nSPS) is 22.7. The summed E-state index contributed by atoms with van der Waals surface area (Å²) in [7, 11) is 0. The van der Waals surface area contributed by atoms with E-state index < -0.39 is 0 Å². The van der Waals surface area contributed by atoms with Gasteiger partial charge in [-0.1, -0.05) is 30.3 Å². The maximum atomic E-state index is 13.1. The van der Waals surface area contributed by atoms with E-state index in [0.29, 0.717) is 54.8 Å². The van der Waals surface area contributed by atoms with Crippen molar-refractivity contribution in [2.45, 2.75) is 57.6 Å². The number of benzene rings is 1. The van der Waals surface area contributed by atoms with Crippen LogP contribution in [0.3, 0.4) is 0 Å². The number of carbonyl (C=O) groups is 2. The predicted octanol–water partition coefficient (Wildman–Crippen LogP) is 3.22. The third-order valence-electron chi connectivity index (χ3n) is 5.80. The zero-order valence-electron chi connectivity index (χ0n) is 15.5. The highest BCUT2D eigenvalue weighted by Gasteiger charge is 2.37. The summed E-state index contributed by atoms with van der Waals surface area (Å²) in [6.07, 6.45) is 3.76. The summed E-state index contributed by atoms with van der Waals surface area (Å²) in [4.78, 5) is 25.5. The van der Waals surface area contributed by atoms with E-state index in [0.717, 1.165) is 12.0 Å². The molecule has 2 aromatic rings. The highest BCUT2D eigenvalue weighted by molar-refractivity contribution is 6.10. The van der Waals surface area contributed by atoms with Crippen molar-refractivity contribution in [1.29, 1.82) is 0 Å². The van der Waals surface area contributed by atoms with Gasteiger partial charge in [-0.25, -0.2) is 0 Å². The Balaban J connectivity index is 1.57. The Morgan fingerprint density at radius 1 is 1.26 bits per heavy atom. The van der Waals surface area contributed by atoms with Gasteiger partial charge in [-0.2, -0.15) is 0 Å². The van der Waals surface area contributed by atoms with Crippen molar-refractivity contribution in [3.8, 4) is 0 Å². The zero-order valence-corrected chi connectivity index (χ0v) is 15.5. The summed E-state index contributed by atoms with van der Waals surface area (Å²) in [6, 6.07) is 9.95. The molecule has 1 heterocycles. The standard InChI is InChI=1S/C22H25NO4/c1-13-20(21-18(25)8-5-9-19(21)27-13)22(26)23-17(15-11-16(24)12-15)10-14-6-3-2-4-7-14/h2-4,6-7,15-17,24H,5,8-12H2,1H3,(H,23,26). The van der Waals surface area contributed by atoms with Crippen LogP contribution in [0.5, 0.6) is 0 Å². The molecule has 1 saturated carbocycles. The molecule has 0 spiro atoms. The molecule has 1 aromatic carbocycles. The van der Waals surface area contributed by atoms with Gasteiger partial charge in [0.1, 0.15) is 11.5 Å². The van der Waals surface area contributed by atoms with Crippen molar-refractivity contribution in [3.63, 3.8) is 0 Å². The maximum Gasteiger partial charge on any atom is 0.255 e. The molecule has 4 rings (SSSR count). The second-order valence-corrected chi connectivity index (χ2v) is 7.76. The van der Waals surface area contributed by atoms with Crippen molar-refractivity contribution in [2.24, 2.45) is 5.92 Å². The van der Waals surface area contributed by atoms with Crippen LogP contribution in [0.2, 0.25) is 0 Å². The number of carbonyl (C=O) groups excluding carboxylic acids is 2. The first-order chi connectivity index (χ1) is 13.0. The van der Waals surface area contributed by atoms with E-state index in [1.807, 2.05) is 30.3 Å². The lowest BCUT2D eigenvalue weighted by molar-refractivity contribution is 0.0239. The molecule has 1 amide bonds. The number of rotatable bonds is 5. The summed E-state index contributed by atoms with van der Waals surface area (Å²) in [5, 5.41) is 12.9. The van der Waals surface area contributed by atoms with Crippen LogP contribution in [0.25, 0.3) is 0 Å². The van der Waals surface area contributed by atoms with Crippen LogP contribution in [0.4, 0.5) is 0 Å². The van der Waals surface area contributed by atoms with Crippen LogP contribution in [-0.4, -0.2) is 28.9 Å². The van der Waals surface area contributed by atoms with E-state index in [-0.39, 0.29) is 29.8 Å². The Morgan fingerprint density at radius 3 is 2.70 bits per heavy atom. The van der Waals surface area contributed by atoms with E-state index in [1.165, 1.54) is 0 Å². The third kappa shape index (κ3) is 3.56. The molecule has 1 unspecified atom stereocenters. The van der Waals surface area contributed by atoms with E-state index in [4.69, 9.17) is 4.42 Å². The van der Waals surface area contributed by atoms with E-state index in [2.05, 4.69) is 5.32 Å². The Morgan fingerprint density at radius 2 is 2.00 bits per heavy atom. The van der Waals surface area contributed by atoms with Crippen LogP contribution < -0.4 is 5.32 Å². The van der Waals surface area contributed by atoms with Crippen molar-refractivity contribution < 1.29 is 19.1 Å². The Labute approximate surface area is 158 Å². The van der Waals surface area contributed by atoms with E-state index in [1.54, 1.807) is 6.92 Å². The van der Waals surface area contributed by atoms with Crippen LogP contribution in [0, 0.1) is 12.8 Å². The SMILES string of the molecule is Cc1oc2c(c1C(=O)NC(Cc1ccccc1)C1CC(O)C1)C(=O)CCC2. The fourth-order valence-electron chi connectivity index (χ4n) is 4.28. The van der Waals surface area contributed by atoms with Gasteiger partial charge in [-0.15, -0.1) is 0 Å². The van der Waals surface area contributed by atoms with Crippen molar-refractivity contribution in [3.05, 3.63) is 58.5 Å². The number of aliphatic hydroxyl groups is 1. The molecule has 2 aliphatic rings. The molecule has 1 aromatic heterocycles. The first-order valence-electron chi connectivity index (χ1n) is 9.71. The quantitative estimate of drug-likeness (QED) is 0.850. The summed E-state index contributed by atoms with van der Waals surface area (Å²) in [5.74, 6) is 1.15. The van der Waals surface area contributed by atoms with Crippen LogP contribution in [-0.2, 0) is 12.8 Å². The minimum absolute atomic E-state index is 0.00285. The molecule has 1 fully saturated rings. The van der Waals surface area contributed by atoms with E-state index in [9.17, 15) is 14.7 Å². The lowest BCUT2D eigenvalue weighted by Crippen LogP contribution is -2.48. The first kappa shape index (κ1) is 18.0. The number of hydrogen-bond acceptors (Lipinski definition) is 4. The Kier molecular flexibility index (Phi) is 4.87. The van der Waals surface area contributed by atoms with Gasteiger partial charge in [-0.3, -0.25) is 9.59 Å². The largest absolute Gasteiger partial charge is 0.465 e. The summed E-state index contributed by atoms with van der Waals surface area (Å²) >= 11 is 0. The topological polar surface area (TPSA) is 79.5 Å². The molecule has 27 heavy (non-hydrogen) atoms. The van der Waals surface area contributed by atoms with Crippen LogP contribution >= 0.6 is 0 Å². The highest BCUT2D eigenvalue weighted by atomic mass is 16.3. The number of fused-ring (bicyclic) bond motifs is 1. The summed E-state index contributed by atoms with van der Waals surface area (Å²) in [5.41, 5.74) is 2.02. The smallest absolute Gasteiger partial charge is 0.255 e. The fourth-order valence-corrected chi connectivity index (χ4v) is 4.28. The predicted molar refractivity (Wildman–Crippen MR) is 101 cm³/mol. The number of hydrogen-bond donors (Lipinski definition) is 2. The fraction of sp³-hybridized carbons (Fsp3) is 0.455. The minimum atomic E-state index is -0.282. The average molecular weight is 367 g/mol. The number of ketones is 1. The summed E-state index contributed by atoms with van der Waals surface area (Å²) < 4.78 is 5.72. The molecular formula is C22H25NO4. The molecule has 5 nitrogen and oxygen atoms in total. The summed E-state index contributed by atoms with van der Waals surface area (Å²) in [6.45, 7) is 1.75.